The van der Waals surface area contributed by atoms with E-state index in [4.69, 9.17) is 28.5 Å². The van der Waals surface area contributed by atoms with Crippen LogP contribution in [0.5, 0.6) is 0 Å². The van der Waals surface area contributed by atoms with Gasteiger partial charge in [-0.3, -0.25) is 9.98 Å². The molecule has 0 spiro atoms. The van der Waals surface area contributed by atoms with Crippen molar-refractivity contribution in [1.82, 2.24) is 25.2 Å². The predicted octanol–water partition coefficient (Wildman–Crippen LogP) is 6.07. The fourth-order valence-corrected chi connectivity index (χ4v) is 6.68. The van der Waals surface area contributed by atoms with Gasteiger partial charge in [0.25, 0.3) is 0 Å². The Morgan fingerprint density at radius 2 is 2.00 bits per heavy atom. The average molecular weight is 635 g/mol. The third-order valence-corrected chi connectivity index (χ3v) is 8.91. The molecule has 8 N–H and O–H groups in total. The first-order chi connectivity index (χ1) is 21.6. The maximum Gasteiger partial charge on any atom is 0.354 e. The van der Waals surface area contributed by atoms with E-state index in [2.05, 4.69) is 39.7 Å². The minimum atomic E-state index is -0.514. The summed E-state index contributed by atoms with van der Waals surface area (Å²) in [5.74, 6) is -0.496. The van der Waals surface area contributed by atoms with Gasteiger partial charge in [0.1, 0.15) is 5.65 Å². The number of nitrogens with one attached hydrogen (secondary N) is 4. The summed E-state index contributed by atoms with van der Waals surface area (Å²) >= 11 is 6.27. The van der Waals surface area contributed by atoms with Gasteiger partial charge in [0.05, 0.1) is 16.4 Å². The molecule has 11 heteroatoms. The van der Waals surface area contributed by atoms with Crippen LogP contribution >= 0.6 is 11.6 Å². The molecular weight excluding hydrogens is 591 g/mol. The van der Waals surface area contributed by atoms with Crippen molar-refractivity contribution in [3.63, 3.8) is 0 Å². The Morgan fingerprint density at radius 3 is 2.71 bits per heavy atom. The Labute approximate surface area is 268 Å². The molecule has 0 radical (unpaired) electrons. The van der Waals surface area contributed by atoms with Gasteiger partial charge in [-0.1, -0.05) is 43.5 Å². The van der Waals surface area contributed by atoms with Gasteiger partial charge in [-0.15, -0.1) is 0 Å². The molecule has 1 saturated heterocycles. The molecule has 2 aromatic heterocycles. The molecule has 0 unspecified atom stereocenters. The zero-order chi connectivity index (χ0) is 32.1. The van der Waals surface area contributed by atoms with Gasteiger partial charge in [-0.25, -0.2) is 9.18 Å². The number of benzene rings is 2. The first-order valence-corrected chi connectivity index (χ1v) is 16.3. The van der Waals surface area contributed by atoms with Crippen molar-refractivity contribution in [1.29, 1.82) is 5.41 Å². The van der Waals surface area contributed by atoms with Crippen LogP contribution in [0.15, 0.2) is 53.5 Å². The van der Waals surface area contributed by atoms with E-state index in [0.29, 0.717) is 34.0 Å². The van der Waals surface area contributed by atoms with E-state index in [1.54, 1.807) is 24.4 Å². The first-order valence-electron chi connectivity index (χ1n) is 15.9. The fraction of sp³-hybridized carbons (Fsp3) is 0.441. The van der Waals surface area contributed by atoms with E-state index >= 15 is 4.39 Å². The molecule has 0 bridgehead atoms. The molecule has 1 aliphatic rings. The zero-order valence-electron chi connectivity index (χ0n) is 26.0. The number of nitrogens with zero attached hydrogens (tertiary/aromatic N) is 2. The molecule has 1 fully saturated rings. The van der Waals surface area contributed by atoms with E-state index in [0.717, 1.165) is 68.9 Å². The highest BCUT2D eigenvalue weighted by Crippen LogP contribution is 2.32. The minimum absolute atomic E-state index is 0.0183. The van der Waals surface area contributed by atoms with Crippen LogP contribution in [0.1, 0.15) is 82.4 Å². The second kappa shape index (κ2) is 14.6. The van der Waals surface area contributed by atoms with Crippen molar-refractivity contribution in [3.8, 4) is 16.9 Å². The minimum Gasteiger partial charge on any atom is -0.370 e. The molecule has 1 aliphatic heterocycles. The lowest BCUT2D eigenvalue weighted by atomic mass is 9.89. The number of aromatic nitrogens is 3. The van der Waals surface area contributed by atoms with Crippen LogP contribution in [0.4, 0.5) is 4.39 Å². The molecule has 4 aromatic rings. The summed E-state index contributed by atoms with van der Waals surface area (Å²) < 4.78 is 16.7. The van der Waals surface area contributed by atoms with Crippen LogP contribution in [-0.4, -0.2) is 38.6 Å². The number of H-pyrrole nitrogens is 1. The number of nitrogens with two attached hydrogens (primary N) is 2. The fourth-order valence-electron chi connectivity index (χ4n) is 6.43. The molecule has 0 aliphatic carbocycles. The van der Waals surface area contributed by atoms with Crippen molar-refractivity contribution < 1.29 is 4.39 Å². The highest BCUT2D eigenvalue weighted by molar-refractivity contribution is 6.31. The third kappa shape index (κ3) is 8.11. The smallest absolute Gasteiger partial charge is 0.354 e. The van der Waals surface area contributed by atoms with Gasteiger partial charge in [0, 0.05) is 41.3 Å². The molecule has 9 nitrogen and oxygen atoms in total. The quantitative estimate of drug-likeness (QED) is 0.0822. The van der Waals surface area contributed by atoms with Gasteiger partial charge < -0.3 is 27.1 Å². The maximum atomic E-state index is 15.2. The molecule has 4 atom stereocenters. The van der Waals surface area contributed by atoms with Crippen LogP contribution in [-0.2, 0) is 6.42 Å². The van der Waals surface area contributed by atoms with E-state index < -0.39 is 11.5 Å². The summed E-state index contributed by atoms with van der Waals surface area (Å²) in [6.07, 6.45) is 10.3. The van der Waals surface area contributed by atoms with Crippen LogP contribution in [0.25, 0.3) is 28.0 Å². The molecule has 2 aromatic carbocycles. The lowest BCUT2D eigenvalue weighted by Crippen LogP contribution is -2.45. The van der Waals surface area contributed by atoms with Crippen molar-refractivity contribution in [2.45, 2.75) is 95.8 Å². The number of aryl methyl sites for hydroxylation is 1. The lowest BCUT2D eigenvalue weighted by Gasteiger charge is -2.34. The topological polar surface area (TPSA) is 151 Å². The van der Waals surface area contributed by atoms with Gasteiger partial charge in [0.15, 0.2) is 11.8 Å². The van der Waals surface area contributed by atoms with Crippen LogP contribution in [0, 0.1) is 11.2 Å². The van der Waals surface area contributed by atoms with Gasteiger partial charge in [0.2, 0.25) is 0 Å². The van der Waals surface area contributed by atoms with E-state index in [-0.39, 0.29) is 29.1 Å². The van der Waals surface area contributed by atoms with Crippen LogP contribution < -0.4 is 27.8 Å². The predicted molar refractivity (Wildman–Crippen MR) is 181 cm³/mol. The number of fused-ring (bicyclic) bond motifs is 1. The highest BCUT2D eigenvalue weighted by atomic mass is 35.5. The Bertz CT molecular complexity index is 1680. The van der Waals surface area contributed by atoms with E-state index in [1.165, 1.54) is 4.57 Å². The summed E-state index contributed by atoms with van der Waals surface area (Å²) in [5, 5.41) is 15.3. The zero-order valence-corrected chi connectivity index (χ0v) is 26.8. The Hall–Kier alpha value is -3.73. The van der Waals surface area contributed by atoms with Gasteiger partial charge >= 0.3 is 5.69 Å². The van der Waals surface area contributed by atoms with Gasteiger partial charge in [-0.05, 0) is 93.3 Å². The summed E-state index contributed by atoms with van der Waals surface area (Å²) in [6, 6.07) is 14.1. The summed E-state index contributed by atoms with van der Waals surface area (Å²) in [7, 11) is 0. The van der Waals surface area contributed by atoms with E-state index in [9.17, 15) is 4.79 Å². The Kier molecular flexibility index (Phi) is 10.6. The molecular formula is C34H44ClFN8O. The summed E-state index contributed by atoms with van der Waals surface area (Å²) in [4.78, 5) is 20.5. The first kappa shape index (κ1) is 32.7. The molecule has 240 valence electrons. The summed E-state index contributed by atoms with van der Waals surface area (Å²) in [6.45, 7) is 4.11. The lowest BCUT2D eigenvalue weighted by molar-refractivity contribution is 0.289. The number of halogens is 2. The number of hydrogen-bond donors (Lipinski definition) is 6. The number of rotatable bonds is 12. The number of piperidine rings is 1. The molecule has 45 heavy (non-hydrogen) atoms. The monoisotopic (exact) mass is 634 g/mol. The summed E-state index contributed by atoms with van der Waals surface area (Å²) in [5.41, 5.74) is 15.1. The molecule has 5 rings (SSSR count). The van der Waals surface area contributed by atoms with Crippen molar-refractivity contribution in [2.75, 3.05) is 0 Å². The molecule has 0 saturated carbocycles. The highest BCUT2D eigenvalue weighted by Gasteiger charge is 2.25. The second-order valence-corrected chi connectivity index (χ2v) is 12.8. The number of aromatic amines is 1. The van der Waals surface area contributed by atoms with Crippen molar-refractivity contribution >= 4 is 28.6 Å². The molecule has 3 heterocycles. The maximum absolute atomic E-state index is 15.2. The SMILES string of the molecule is CCC[C@H](C[C@@H]1CCC[C@@H](c2ccc(-n3cc4cc(-c5cc(CCC[C@H](C)N)cc(Cl)c5F)[nH]c4nc3=O)cc2)N1)NC(=N)N. The largest absolute Gasteiger partial charge is 0.370 e. The Balaban J connectivity index is 1.33. The number of hydrogen-bond acceptors (Lipinski definition) is 5. The third-order valence-electron chi connectivity index (χ3n) is 8.63. The average Bonchev–Trinajstić information content (AvgIpc) is 3.41. The van der Waals surface area contributed by atoms with E-state index in [1.807, 2.05) is 19.1 Å². The second-order valence-electron chi connectivity index (χ2n) is 12.4. The van der Waals surface area contributed by atoms with Crippen molar-refractivity contribution in [2.24, 2.45) is 11.5 Å². The van der Waals surface area contributed by atoms with Crippen LogP contribution in [0.2, 0.25) is 5.02 Å². The number of guanidine groups is 1. The normalized spacial score (nSPS) is 18.2. The van der Waals surface area contributed by atoms with Gasteiger partial charge in [-0.2, -0.15) is 4.98 Å². The molecule has 0 amide bonds. The Morgan fingerprint density at radius 1 is 1.22 bits per heavy atom. The van der Waals surface area contributed by atoms with Crippen molar-refractivity contribution in [3.05, 3.63) is 81.1 Å². The standard InChI is InChI=1S/C34H44ClFN8O/c1-3-6-24(41-33(38)39)18-25-9-5-10-29(40-25)22-11-13-26(14-12-22)44-19-23-17-30(42-32(23)43-34(44)45)27-15-21(8-4-7-20(2)37)16-28(35)31(27)36/h11-17,19-20,24-25,29,40H,3-10,18,37H2,1-2H3,(H4,38,39,41)(H,42,43,45)/t20-,24+,25-,29-/m0/s1. The van der Waals surface area contributed by atoms with Crippen LogP contribution in [0.3, 0.4) is 0 Å².